The van der Waals surface area contributed by atoms with Crippen molar-refractivity contribution >= 4 is 21.4 Å². The normalized spacial score (nSPS) is 30.8. The predicted octanol–water partition coefficient (Wildman–Crippen LogP) is 2.31. The Bertz CT molecular complexity index is 582. The summed E-state index contributed by atoms with van der Waals surface area (Å²) in [7, 11) is -3.39. The average Bonchev–Trinajstić information content (AvgIpc) is 3.13. The van der Waals surface area contributed by atoms with Gasteiger partial charge in [0.25, 0.3) is 0 Å². The van der Waals surface area contributed by atoms with Gasteiger partial charge in [0.05, 0.1) is 0 Å². The molecular formula is C14H22N2O2S2. The third-order valence-electron chi connectivity index (χ3n) is 4.91. The second kappa shape index (κ2) is 5.40. The first-order valence-corrected chi connectivity index (χ1v) is 9.65. The Kier molecular flexibility index (Phi) is 3.92. The fourth-order valence-corrected chi connectivity index (χ4v) is 6.43. The van der Waals surface area contributed by atoms with Crippen LogP contribution in [0.5, 0.6) is 0 Å². The van der Waals surface area contributed by atoms with Gasteiger partial charge in [-0.3, -0.25) is 0 Å². The topological polar surface area (TPSA) is 72.2 Å². The fraction of sp³-hybridized carbons (Fsp3) is 0.714. The Labute approximate surface area is 124 Å². The van der Waals surface area contributed by atoms with E-state index in [9.17, 15) is 8.42 Å². The standard InChI is InChI=1S/C14H22N2O2S2/c1-9(13-5-10-2-3-12(13)4-10)16-20(17,18)14-6-11(7-15)8-19-14/h6,8-10,12-13,16H,2-5,7,15H2,1H3. The van der Waals surface area contributed by atoms with Crippen molar-refractivity contribution in [3.63, 3.8) is 0 Å². The van der Waals surface area contributed by atoms with E-state index in [2.05, 4.69) is 4.72 Å². The van der Waals surface area contributed by atoms with E-state index in [4.69, 9.17) is 5.73 Å². The quantitative estimate of drug-likeness (QED) is 0.876. The summed E-state index contributed by atoms with van der Waals surface area (Å²) in [6, 6.07) is 1.71. The molecule has 3 rings (SSSR count). The van der Waals surface area contributed by atoms with E-state index in [1.807, 2.05) is 12.3 Å². The van der Waals surface area contributed by atoms with Gasteiger partial charge in [0.15, 0.2) is 0 Å². The molecule has 4 atom stereocenters. The number of nitrogens with one attached hydrogen (secondary N) is 1. The number of sulfonamides is 1. The van der Waals surface area contributed by atoms with Gasteiger partial charge in [-0.25, -0.2) is 13.1 Å². The van der Waals surface area contributed by atoms with Gasteiger partial charge in [-0.2, -0.15) is 0 Å². The zero-order valence-electron chi connectivity index (χ0n) is 11.7. The molecule has 3 N–H and O–H groups in total. The third-order valence-corrected chi connectivity index (χ3v) is 7.95. The van der Waals surface area contributed by atoms with E-state index in [0.29, 0.717) is 16.7 Å². The molecular weight excluding hydrogens is 292 g/mol. The molecule has 0 amide bonds. The maximum atomic E-state index is 12.4. The van der Waals surface area contributed by atoms with Crippen LogP contribution in [0.4, 0.5) is 0 Å². The SMILES string of the molecule is CC(NS(=O)(=O)c1cc(CN)cs1)C1CC2CCC1C2. The van der Waals surface area contributed by atoms with Crippen molar-refractivity contribution in [1.82, 2.24) is 4.72 Å². The van der Waals surface area contributed by atoms with Gasteiger partial charge in [0.2, 0.25) is 10.0 Å². The molecule has 20 heavy (non-hydrogen) atoms. The molecule has 2 fully saturated rings. The van der Waals surface area contributed by atoms with Crippen LogP contribution in [0, 0.1) is 17.8 Å². The Balaban J connectivity index is 1.69. The zero-order chi connectivity index (χ0) is 14.3. The van der Waals surface area contributed by atoms with E-state index in [-0.39, 0.29) is 6.04 Å². The number of hydrogen-bond donors (Lipinski definition) is 2. The summed E-state index contributed by atoms with van der Waals surface area (Å²) < 4.78 is 28.0. The van der Waals surface area contributed by atoms with Gasteiger partial charge in [0, 0.05) is 12.6 Å². The van der Waals surface area contributed by atoms with Crippen LogP contribution in [0.25, 0.3) is 0 Å². The molecule has 2 bridgehead atoms. The molecule has 112 valence electrons. The minimum atomic E-state index is -3.39. The van der Waals surface area contributed by atoms with Crippen LogP contribution < -0.4 is 10.5 Å². The van der Waals surface area contributed by atoms with Crippen molar-refractivity contribution in [2.45, 2.75) is 49.4 Å². The van der Waals surface area contributed by atoms with Crippen molar-refractivity contribution in [2.24, 2.45) is 23.5 Å². The lowest BCUT2D eigenvalue weighted by Gasteiger charge is -2.28. The van der Waals surface area contributed by atoms with Crippen molar-refractivity contribution in [3.05, 3.63) is 17.0 Å². The lowest BCUT2D eigenvalue weighted by molar-refractivity contribution is 0.280. The Morgan fingerprint density at radius 2 is 2.25 bits per heavy atom. The van der Waals surface area contributed by atoms with Gasteiger partial charge in [-0.05, 0) is 60.9 Å². The zero-order valence-corrected chi connectivity index (χ0v) is 13.3. The van der Waals surface area contributed by atoms with Gasteiger partial charge in [0.1, 0.15) is 4.21 Å². The highest BCUT2D eigenvalue weighted by atomic mass is 32.2. The summed E-state index contributed by atoms with van der Waals surface area (Å²) in [5.41, 5.74) is 6.42. The molecule has 0 aromatic carbocycles. The summed E-state index contributed by atoms with van der Waals surface area (Å²) in [6.07, 6.45) is 5.10. The molecule has 0 saturated heterocycles. The van der Waals surface area contributed by atoms with E-state index in [0.717, 1.165) is 17.4 Å². The van der Waals surface area contributed by atoms with Crippen LogP contribution in [0.15, 0.2) is 15.7 Å². The second-order valence-corrected chi connectivity index (χ2v) is 9.08. The van der Waals surface area contributed by atoms with Crippen molar-refractivity contribution in [1.29, 1.82) is 0 Å². The molecule has 4 nitrogen and oxygen atoms in total. The van der Waals surface area contributed by atoms with Gasteiger partial charge >= 0.3 is 0 Å². The molecule has 2 saturated carbocycles. The summed E-state index contributed by atoms with van der Waals surface area (Å²) in [5, 5.41) is 1.82. The molecule has 0 aliphatic heterocycles. The van der Waals surface area contributed by atoms with Crippen LogP contribution in [0.3, 0.4) is 0 Å². The van der Waals surface area contributed by atoms with Gasteiger partial charge < -0.3 is 5.73 Å². The highest BCUT2D eigenvalue weighted by Crippen LogP contribution is 2.49. The van der Waals surface area contributed by atoms with Crippen LogP contribution in [-0.4, -0.2) is 14.5 Å². The lowest BCUT2D eigenvalue weighted by atomic mass is 9.84. The van der Waals surface area contributed by atoms with E-state index < -0.39 is 10.0 Å². The minimum Gasteiger partial charge on any atom is -0.326 e. The van der Waals surface area contributed by atoms with Crippen LogP contribution in [-0.2, 0) is 16.6 Å². The molecule has 1 aromatic rings. The first-order valence-electron chi connectivity index (χ1n) is 7.29. The fourth-order valence-electron chi connectivity index (χ4n) is 3.90. The van der Waals surface area contributed by atoms with Gasteiger partial charge in [-0.1, -0.05) is 6.42 Å². The van der Waals surface area contributed by atoms with Crippen LogP contribution in [0.1, 0.15) is 38.2 Å². The smallest absolute Gasteiger partial charge is 0.250 e. The average molecular weight is 314 g/mol. The second-order valence-electron chi connectivity index (χ2n) is 6.23. The summed E-state index contributed by atoms with van der Waals surface area (Å²) >= 11 is 1.25. The maximum Gasteiger partial charge on any atom is 0.250 e. The Morgan fingerprint density at radius 3 is 2.80 bits per heavy atom. The van der Waals surface area contributed by atoms with Gasteiger partial charge in [-0.15, -0.1) is 11.3 Å². The third kappa shape index (κ3) is 2.66. The van der Waals surface area contributed by atoms with Crippen LogP contribution in [0.2, 0.25) is 0 Å². The minimum absolute atomic E-state index is 0.0266. The molecule has 0 radical (unpaired) electrons. The van der Waals surface area contributed by atoms with E-state index >= 15 is 0 Å². The largest absolute Gasteiger partial charge is 0.326 e. The Hall–Kier alpha value is -0.430. The number of rotatable bonds is 5. The molecule has 2 aliphatic carbocycles. The number of fused-ring (bicyclic) bond motifs is 2. The Morgan fingerprint density at radius 1 is 1.45 bits per heavy atom. The monoisotopic (exact) mass is 314 g/mol. The van der Waals surface area contributed by atoms with Crippen LogP contribution >= 0.6 is 11.3 Å². The number of hydrogen-bond acceptors (Lipinski definition) is 4. The molecule has 2 aliphatic rings. The first-order chi connectivity index (χ1) is 9.49. The highest BCUT2D eigenvalue weighted by Gasteiger charge is 2.42. The van der Waals surface area contributed by atoms with Crippen molar-refractivity contribution in [2.75, 3.05) is 0 Å². The number of thiophene rings is 1. The van der Waals surface area contributed by atoms with E-state index in [1.165, 1.54) is 37.0 Å². The summed E-state index contributed by atoms with van der Waals surface area (Å²) in [6.45, 7) is 2.40. The molecule has 1 aromatic heterocycles. The highest BCUT2D eigenvalue weighted by molar-refractivity contribution is 7.91. The predicted molar refractivity (Wildman–Crippen MR) is 80.9 cm³/mol. The summed E-state index contributed by atoms with van der Waals surface area (Å²) in [5.74, 6) is 2.07. The van der Waals surface area contributed by atoms with Crippen molar-refractivity contribution in [3.8, 4) is 0 Å². The lowest BCUT2D eigenvalue weighted by Crippen LogP contribution is -2.39. The molecule has 6 heteroatoms. The summed E-state index contributed by atoms with van der Waals surface area (Å²) in [4.78, 5) is 0. The first kappa shape index (κ1) is 14.5. The molecule has 4 unspecified atom stereocenters. The maximum absolute atomic E-state index is 12.4. The number of nitrogens with two attached hydrogens (primary N) is 1. The molecule has 0 spiro atoms. The van der Waals surface area contributed by atoms with E-state index in [1.54, 1.807) is 6.07 Å². The van der Waals surface area contributed by atoms with Crippen molar-refractivity contribution < 1.29 is 8.42 Å². The molecule has 1 heterocycles.